The number of aryl methyl sites for hydroxylation is 3. The summed E-state index contributed by atoms with van der Waals surface area (Å²) in [6.07, 6.45) is 0. The zero-order valence-electron chi connectivity index (χ0n) is 18.6. The van der Waals surface area contributed by atoms with E-state index in [0.717, 1.165) is 21.0 Å². The van der Waals surface area contributed by atoms with E-state index in [2.05, 4.69) is 11.4 Å². The number of nitrogens with one attached hydrogen (secondary N) is 1. The van der Waals surface area contributed by atoms with Gasteiger partial charge in [0.2, 0.25) is 5.91 Å². The van der Waals surface area contributed by atoms with E-state index < -0.39 is 15.9 Å². The van der Waals surface area contributed by atoms with Gasteiger partial charge in [0.1, 0.15) is 6.54 Å². The molecule has 0 spiro atoms. The second-order valence-electron chi connectivity index (χ2n) is 7.90. The molecule has 168 valence electrons. The summed E-state index contributed by atoms with van der Waals surface area (Å²) in [4.78, 5) is 13.1. The molecule has 1 N–H and O–H groups in total. The highest BCUT2D eigenvalue weighted by molar-refractivity contribution is 7.92. The molecule has 0 aliphatic rings. The van der Waals surface area contributed by atoms with Crippen LogP contribution < -0.4 is 9.62 Å². The molecule has 0 radical (unpaired) electrons. The lowest BCUT2D eigenvalue weighted by Crippen LogP contribution is -2.42. The molecule has 3 rings (SSSR count). The molecule has 7 heteroatoms. The lowest BCUT2D eigenvalue weighted by Gasteiger charge is -2.27. The number of anilines is 1. The number of carbonyl (C=O) groups is 1. The summed E-state index contributed by atoms with van der Waals surface area (Å²) >= 11 is 6.17. The Morgan fingerprint density at radius 2 is 1.66 bits per heavy atom. The van der Waals surface area contributed by atoms with E-state index in [9.17, 15) is 13.2 Å². The quantitative estimate of drug-likeness (QED) is 0.507. The summed E-state index contributed by atoms with van der Waals surface area (Å²) in [7, 11) is -3.99. The normalized spacial score (nSPS) is 12.3. The molecule has 32 heavy (non-hydrogen) atoms. The lowest BCUT2D eigenvalue weighted by molar-refractivity contribution is -0.120. The van der Waals surface area contributed by atoms with Crippen LogP contribution in [0.1, 0.15) is 35.2 Å². The van der Waals surface area contributed by atoms with Crippen LogP contribution in [0.25, 0.3) is 0 Å². The topological polar surface area (TPSA) is 66.5 Å². The van der Waals surface area contributed by atoms with Crippen molar-refractivity contribution in [1.82, 2.24) is 5.32 Å². The zero-order valence-corrected chi connectivity index (χ0v) is 20.2. The highest BCUT2D eigenvalue weighted by atomic mass is 35.5. The Hall–Kier alpha value is -2.83. The molecule has 0 saturated carbocycles. The Balaban J connectivity index is 1.94. The first-order chi connectivity index (χ1) is 15.1. The molecule has 0 bridgehead atoms. The van der Waals surface area contributed by atoms with Gasteiger partial charge < -0.3 is 5.32 Å². The second-order valence-corrected chi connectivity index (χ2v) is 10.2. The minimum absolute atomic E-state index is 0.106. The molecular formula is C25H27ClN2O3S. The van der Waals surface area contributed by atoms with E-state index in [1.807, 2.05) is 32.9 Å². The van der Waals surface area contributed by atoms with Gasteiger partial charge in [-0.3, -0.25) is 9.10 Å². The molecule has 0 saturated heterocycles. The Morgan fingerprint density at radius 3 is 2.31 bits per heavy atom. The van der Waals surface area contributed by atoms with Crippen molar-refractivity contribution in [2.24, 2.45) is 0 Å². The molecule has 3 aromatic carbocycles. The van der Waals surface area contributed by atoms with E-state index in [1.54, 1.807) is 43.3 Å². The van der Waals surface area contributed by atoms with Gasteiger partial charge in [0.25, 0.3) is 10.0 Å². The van der Waals surface area contributed by atoms with Gasteiger partial charge in [-0.05, 0) is 68.7 Å². The third-order valence-electron chi connectivity index (χ3n) is 5.33. The Labute approximate surface area is 195 Å². The van der Waals surface area contributed by atoms with Crippen molar-refractivity contribution in [3.8, 4) is 0 Å². The number of amides is 1. The smallest absolute Gasteiger partial charge is 0.264 e. The molecule has 0 aliphatic heterocycles. The summed E-state index contributed by atoms with van der Waals surface area (Å²) in [5.41, 5.74) is 4.26. The fourth-order valence-electron chi connectivity index (χ4n) is 3.68. The van der Waals surface area contributed by atoms with Crippen LogP contribution in [-0.2, 0) is 14.8 Å². The maximum absolute atomic E-state index is 13.5. The average Bonchev–Trinajstić information content (AvgIpc) is 2.74. The largest absolute Gasteiger partial charge is 0.348 e. The number of nitrogens with zero attached hydrogens (tertiary/aromatic N) is 1. The van der Waals surface area contributed by atoms with Crippen LogP contribution in [0.5, 0.6) is 0 Å². The zero-order chi connectivity index (χ0) is 23.5. The molecule has 0 heterocycles. The van der Waals surface area contributed by atoms with Gasteiger partial charge in [-0.1, -0.05) is 59.6 Å². The van der Waals surface area contributed by atoms with Gasteiger partial charge in [-0.15, -0.1) is 0 Å². The van der Waals surface area contributed by atoms with E-state index in [0.29, 0.717) is 16.3 Å². The number of sulfonamides is 1. The standard InChI is InChI=1S/C25H27ClN2O3S/c1-17-10-13-23(19(3)14-17)20(4)27-25(29)16-28(24-15-21(26)12-11-18(24)2)32(30,31)22-8-6-5-7-9-22/h5-15,20H,16H2,1-4H3,(H,27,29)/t20-/m0/s1. The van der Waals surface area contributed by atoms with Gasteiger partial charge in [0.05, 0.1) is 16.6 Å². The highest BCUT2D eigenvalue weighted by Crippen LogP contribution is 2.29. The predicted molar refractivity (Wildman–Crippen MR) is 130 cm³/mol. The van der Waals surface area contributed by atoms with Gasteiger partial charge in [0.15, 0.2) is 0 Å². The number of rotatable bonds is 7. The third-order valence-corrected chi connectivity index (χ3v) is 7.34. The molecule has 1 atom stereocenters. The van der Waals surface area contributed by atoms with Crippen molar-refractivity contribution in [1.29, 1.82) is 0 Å². The number of carbonyl (C=O) groups excluding carboxylic acids is 1. The van der Waals surface area contributed by atoms with Crippen LogP contribution in [0.15, 0.2) is 71.6 Å². The minimum Gasteiger partial charge on any atom is -0.348 e. The maximum atomic E-state index is 13.5. The fourth-order valence-corrected chi connectivity index (χ4v) is 5.34. The Morgan fingerprint density at radius 1 is 0.969 bits per heavy atom. The van der Waals surface area contributed by atoms with Crippen LogP contribution in [0.3, 0.4) is 0 Å². The van der Waals surface area contributed by atoms with Gasteiger partial charge in [-0.25, -0.2) is 8.42 Å². The number of hydrogen-bond donors (Lipinski definition) is 1. The van der Waals surface area contributed by atoms with Crippen molar-refractivity contribution in [3.63, 3.8) is 0 Å². The van der Waals surface area contributed by atoms with Crippen LogP contribution in [-0.4, -0.2) is 20.9 Å². The van der Waals surface area contributed by atoms with E-state index in [1.165, 1.54) is 12.1 Å². The first kappa shape index (κ1) is 23.8. The van der Waals surface area contributed by atoms with E-state index in [-0.39, 0.29) is 17.5 Å². The minimum atomic E-state index is -3.99. The first-order valence-corrected chi connectivity index (χ1v) is 12.1. The molecule has 0 aliphatic carbocycles. The molecule has 1 amide bonds. The summed E-state index contributed by atoms with van der Waals surface area (Å²) in [6, 6.07) is 18.8. The van der Waals surface area contributed by atoms with Gasteiger partial charge >= 0.3 is 0 Å². The summed E-state index contributed by atoms with van der Waals surface area (Å²) < 4.78 is 28.1. The van der Waals surface area contributed by atoms with Crippen molar-refractivity contribution in [2.45, 2.75) is 38.6 Å². The van der Waals surface area contributed by atoms with Crippen molar-refractivity contribution in [2.75, 3.05) is 10.8 Å². The summed E-state index contributed by atoms with van der Waals surface area (Å²) in [5.74, 6) is -0.406. The van der Waals surface area contributed by atoms with Crippen molar-refractivity contribution < 1.29 is 13.2 Å². The first-order valence-electron chi connectivity index (χ1n) is 10.3. The fraction of sp³-hybridized carbons (Fsp3) is 0.240. The monoisotopic (exact) mass is 470 g/mol. The van der Waals surface area contributed by atoms with Gasteiger partial charge in [-0.2, -0.15) is 0 Å². The van der Waals surface area contributed by atoms with Crippen molar-refractivity contribution in [3.05, 3.63) is 94.0 Å². The number of benzene rings is 3. The molecule has 0 unspecified atom stereocenters. The third kappa shape index (κ3) is 5.31. The van der Waals surface area contributed by atoms with Crippen LogP contribution in [0.2, 0.25) is 5.02 Å². The molecular weight excluding hydrogens is 444 g/mol. The maximum Gasteiger partial charge on any atom is 0.264 e. The lowest BCUT2D eigenvalue weighted by atomic mass is 10.0. The Bertz CT molecular complexity index is 1230. The van der Waals surface area contributed by atoms with Crippen molar-refractivity contribution >= 4 is 33.2 Å². The second kappa shape index (κ2) is 9.76. The molecule has 5 nitrogen and oxygen atoms in total. The Kier molecular flexibility index (Phi) is 7.26. The average molecular weight is 471 g/mol. The van der Waals surface area contributed by atoms with E-state index in [4.69, 9.17) is 11.6 Å². The van der Waals surface area contributed by atoms with E-state index >= 15 is 0 Å². The molecule has 3 aromatic rings. The summed E-state index contributed by atoms with van der Waals surface area (Å²) in [6.45, 7) is 7.31. The summed E-state index contributed by atoms with van der Waals surface area (Å²) in [5, 5.41) is 3.33. The van der Waals surface area contributed by atoms with Crippen LogP contribution >= 0.6 is 11.6 Å². The van der Waals surface area contributed by atoms with Crippen LogP contribution in [0, 0.1) is 20.8 Å². The van der Waals surface area contributed by atoms with Crippen LogP contribution in [0.4, 0.5) is 5.69 Å². The molecule has 0 fully saturated rings. The highest BCUT2D eigenvalue weighted by Gasteiger charge is 2.29. The predicted octanol–water partition coefficient (Wildman–Crippen LogP) is 5.34. The SMILES string of the molecule is Cc1ccc([C@H](C)NC(=O)CN(c2cc(Cl)ccc2C)S(=O)(=O)c2ccccc2)c(C)c1. The molecule has 0 aromatic heterocycles. The number of halogens is 1. The number of hydrogen-bond acceptors (Lipinski definition) is 3. The van der Waals surface area contributed by atoms with Gasteiger partial charge in [0, 0.05) is 5.02 Å².